The van der Waals surface area contributed by atoms with Crippen LogP contribution in [0.1, 0.15) is 24.0 Å². The maximum atomic E-state index is 12.4. The number of nitrogens with one attached hydrogen (secondary N) is 1. The minimum absolute atomic E-state index is 0.0183. The van der Waals surface area contributed by atoms with Crippen molar-refractivity contribution in [3.8, 4) is 28.2 Å². The highest BCUT2D eigenvalue weighted by Gasteiger charge is 2.28. The molecular weight excluding hydrogens is 418 g/mol. The van der Waals surface area contributed by atoms with Crippen molar-refractivity contribution in [2.45, 2.75) is 19.8 Å². The van der Waals surface area contributed by atoms with Crippen LogP contribution in [0.5, 0.6) is 0 Å². The molecule has 1 heterocycles. The van der Waals surface area contributed by atoms with Gasteiger partial charge in [0.15, 0.2) is 0 Å². The lowest BCUT2D eigenvalue weighted by Crippen LogP contribution is -2.32. The molecule has 4 heteroatoms. The van der Waals surface area contributed by atoms with E-state index in [1.54, 1.807) is 6.21 Å². The second-order valence-corrected chi connectivity index (χ2v) is 8.83. The molecule has 0 spiro atoms. The predicted molar refractivity (Wildman–Crippen MR) is 139 cm³/mol. The number of hydrogen-bond donors (Lipinski definition) is 1. The van der Waals surface area contributed by atoms with E-state index in [2.05, 4.69) is 83.2 Å². The second-order valence-electron chi connectivity index (χ2n) is 8.83. The molecule has 4 aromatic rings. The van der Waals surface area contributed by atoms with Crippen LogP contribution in [-0.2, 0) is 4.79 Å². The normalized spacial score (nSPS) is 13.7. The number of nitrogens with zero attached hydrogens (tertiary/aromatic N) is 2. The van der Waals surface area contributed by atoms with Gasteiger partial charge in [0.1, 0.15) is 0 Å². The van der Waals surface area contributed by atoms with E-state index in [0.717, 1.165) is 52.2 Å². The van der Waals surface area contributed by atoms with Crippen LogP contribution in [0.4, 0.5) is 0 Å². The zero-order chi connectivity index (χ0) is 23.5. The highest BCUT2D eigenvalue weighted by molar-refractivity contribution is 5.94. The minimum atomic E-state index is -0.0499. The fourth-order valence-corrected chi connectivity index (χ4v) is 4.38. The Morgan fingerprint density at radius 2 is 1.56 bits per heavy atom. The molecule has 0 saturated heterocycles. The van der Waals surface area contributed by atoms with Crippen LogP contribution < -0.4 is 5.43 Å². The third-order valence-electron chi connectivity index (χ3n) is 6.26. The lowest BCUT2D eigenvalue weighted by Gasteiger charge is -2.25. The third kappa shape index (κ3) is 4.35. The Kier molecular flexibility index (Phi) is 5.96. The summed E-state index contributed by atoms with van der Waals surface area (Å²) in [5.41, 5.74) is 11.3. The Labute approximate surface area is 200 Å². The van der Waals surface area contributed by atoms with E-state index in [1.165, 1.54) is 5.56 Å². The molecule has 1 N–H and O–H groups in total. The van der Waals surface area contributed by atoms with Crippen molar-refractivity contribution in [1.82, 2.24) is 9.99 Å². The number of hydrazone groups is 1. The van der Waals surface area contributed by atoms with Gasteiger partial charge in [-0.15, -0.1) is 0 Å². The number of aryl methyl sites for hydroxylation is 1. The first-order valence-corrected chi connectivity index (χ1v) is 11.5. The molecule has 0 atom stereocenters. The average Bonchev–Trinajstić information content (AvgIpc) is 3.23. The maximum absolute atomic E-state index is 12.4. The number of carbonyl (C=O) groups is 1. The number of carbonyl (C=O) groups excluding carboxylic acids is 1. The molecule has 4 nitrogen and oxygen atoms in total. The van der Waals surface area contributed by atoms with Crippen LogP contribution in [0.2, 0.25) is 0 Å². The van der Waals surface area contributed by atoms with Gasteiger partial charge in [0.2, 0.25) is 5.91 Å². The second kappa shape index (κ2) is 9.36. The van der Waals surface area contributed by atoms with Gasteiger partial charge in [-0.05, 0) is 49.1 Å². The van der Waals surface area contributed by atoms with E-state index in [1.807, 2.05) is 36.4 Å². The summed E-state index contributed by atoms with van der Waals surface area (Å²) >= 11 is 0. The molecule has 1 aliphatic rings. The third-order valence-corrected chi connectivity index (χ3v) is 6.26. The molecule has 168 valence electrons. The predicted octanol–water partition coefficient (Wildman–Crippen LogP) is 6.54. The van der Waals surface area contributed by atoms with Crippen molar-refractivity contribution in [2.24, 2.45) is 11.0 Å². The largest absolute Gasteiger partial charge is 0.309 e. The summed E-state index contributed by atoms with van der Waals surface area (Å²) in [4.78, 5) is 12.4. The number of benzene rings is 3. The summed E-state index contributed by atoms with van der Waals surface area (Å²) in [5.74, 6) is -0.0681. The van der Waals surface area contributed by atoms with Gasteiger partial charge in [-0.25, -0.2) is 5.43 Å². The zero-order valence-corrected chi connectivity index (χ0v) is 19.2. The SMILES string of the molecule is C=C1CC(C(=O)N/N=C/c2cc(-c3ccccc3)n(-c3ccc(C)cc3)c2-c2ccccc2)C1. The van der Waals surface area contributed by atoms with Crippen molar-refractivity contribution in [2.75, 3.05) is 0 Å². The van der Waals surface area contributed by atoms with Crippen molar-refractivity contribution >= 4 is 12.1 Å². The topological polar surface area (TPSA) is 46.4 Å². The summed E-state index contributed by atoms with van der Waals surface area (Å²) in [6.45, 7) is 6.01. The number of amides is 1. The van der Waals surface area contributed by atoms with Gasteiger partial charge in [-0.1, -0.05) is 90.5 Å². The Balaban J connectivity index is 1.63. The lowest BCUT2D eigenvalue weighted by atomic mass is 9.81. The summed E-state index contributed by atoms with van der Waals surface area (Å²) in [7, 11) is 0. The van der Waals surface area contributed by atoms with Gasteiger partial charge in [0, 0.05) is 17.2 Å². The lowest BCUT2D eigenvalue weighted by molar-refractivity contribution is -0.126. The quantitative estimate of drug-likeness (QED) is 0.205. The minimum Gasteiger partial charge on any atom is -0.309 e. The van der Waals surface area contributed by atoms with Crippen LogP contribution in [0.25, 0.3) is 28.2 Å². The number of hydrogen-bond acceptors (Lipinski definition) is 2. The number of aromatic nitrogens is 1. The van der Waals surface area contributed by atoms with Crippen molar-refractivity contribution in [1.29, 1.82) is 0 Å². The van der Waals surface area contributed by atoms with Gasteiger partial charge in [0.25, 0.3) is 0 Å². The molecule has 1 aromatic heterocycles. The maximum Gasteiger partial charge on any atom is 0.243 e. The first-order valence-electron chi connectivity index (χ1n) is 11.5. The number of rotatable bonds is 6. The molecule has 0 bridgehead atoms. The summed E-state index contributed by atoms with van der Waals surface area (Å²) in [6.07, 6.45) is 3.25. The Morgan fingerprint density at radius 3 is 2.18 bits per heavy atom. The van der Waals surface area contributed by atoms with Gasteiger partial charge in [-0.3, -0.25) is 4.79 Å². The zero-order valence-electron chi connectivity index (χ0n) is 19.2. The van der Waals surface area contributed by atoms with Crippen LogP contribution in [-0.4, -0.2) is 16.7 Å². The monoisotopic (exact) mass is 445 g/mol. The van der Waals surface area contributed by atoms with E-state index in [9.17, 15) is 4.79 Å². The molecule has 0 unspecified atom stereocenters. The molecule has 1 amide bonds. The molecule has 34 heavy (non-hydrogen) atoms. The first kappa shape index (κ1) is 21.7. The Morgan fingerprint density at radius 1 is 0.941 bits per heavy atom. The molecule has 3 aromatic carbocycles. The molecular formula is C30H27N3O. The smallest absolute Gasteiger partial charge is 0.243 e. The Bertz CT molecular complexity index is 1340. The van der Waals surface area contributed by atoms with Gasteiger partial charge in [-0.2, -0.15) is 5.10 Å². The van der Waals surface area contributed by atoms with E-state index in [4.69, 9.17) is 0 Å². The van der Waals surface area contributed by atoms with Gasteiger partial charge >= 0.3 is 0 Å². The fraction of sp³-hybridized carbons (Fsp3) is 0.133. The molecule has 5 rings (SSSR count). The van der Waals surface area contributed by atoms with Crippen LogP contribution in [0, 0.1) is 12.8 Å². The summed E-state index contributed by atoms with van der Waals surface area (Å²) in [5, 5.41) is 4.34. The van der Waals surface area contributed by atoms with E-state index < -0.39 is 0 Å². The van der Waals surface area contributed by atoms with Crippen molar-refractivity contribution in [3.63, 3.8) is 0 Å². The van der Waals surface area contributed by atoms with Crippen LogP contribution in [0.3, 0.4) is 0 Å². The van der Waals surface area contributed by atoms with E-state index >= 15 is 0 Å². The molecule has 0 radical (unpaired) electrons. The molecule has 1 fully saturated rings. The molecule has 0 aliphatic heterocycles. The fourth-order valence-electron chi connectivity index (χ4n) is 4.38. The standard InChI is InChI=1S/C30H27N3O/c1-21-13-15-27(16-14-21)33-28(23-9-5-3-6-10-23)19-26(29(33)24-11-7-4-8-12-24)20-31-32-30(34)25-17-22(2)18-25/h3-16,19-20,25H,2,17-18H2,1H3,(H,32,34)/b31-20+. The molecule has 1 saturated carbocycles. The highest BCUT2D eigenvalue weighted by Crippen LogP contribution is 2.35. The van der Waals surface area contributed by atoms with Gasteiger partial charge < -0.3 is 4.57 Å². The molecule has 1 aliphatic carbocycles. The van der Waals surface area contributed by atoms with E-state index in [-0.39, 0.29) is 11.8 Å². The van der Waals surface area contributed by atoms with Gasteiger partial charge in [0.05, 0.1) is 17.6 Å². The van der Waals surface area contributed by atoms with Crippen molar-refractivity contribution in [3.05, 3.63) is 114 Å². The summed E-state index contributed by atoms with van der Waals surface area (Å²) < 4.78 is 2.27. The highest BCUT2D eigenvalue weighted by atomic mass is 16.2. The van der Waals surface area contributed by atoms with E-state index in [0.29, 0.717) is 0 Å². The van der Waals surface area contributed by atoms with Crippen LogP contribution >= 0.6 is 0 Å². The average molecular weight is 446 g/mol. The Hall–Kier alpha value is -4.18. The van der Waals surface area contributed by atoms with Crippen LogP contribution in [0.15, 0.2) is 108 Å². The van der Waals surface area contributed by atoms with Crippen molar-refractivity contribution < 1.29 is 4.79 Å². The summed E-state index contributed by atoms with van der Waals surface area (Å²) in [6, 6.07) is 31.3. The number of allylic oxidation sites excluding steroid dienone is 1. The first-order chi connectivity index (χ1) is 16.6.